The van der Waals surface area contributed by atoms with Crippen LogP contribution in [0.4, 0.5) is 0 Å². The molecule has 0 radical (unpaired) electrons. The second-order valence-electron chi connectivity index (χ2n) is 6.56. The van der Waals surface area contributed by atoms with E-state index < -0.39 is 0 Å². The van der Waals surface area contributed by atoms with E-state index in [1.165, 1.54) is 32.1 Å². The van der Waals surface area contributed by atoms with Crippen LogP contribution in [-0.2, 0) is 6.54 Å². The number of nitrogens with zero attached hydrogens (tertiary/aromatic N) is 2. The van der Waals surface area contributed by atoms with E-state index in [9.17, 15) is 0 Å². The Bertz CT molecular complexity index is 425. The molecule has 4 nitrogen and oxygen atoms in total. The van der Waals surface area contributed by atoms with E-state index in [0.717, 1.165) is 37.2 Å². The normalized spacial score (nSPS) is 29.7. The van der Waals surface area contributed by atoms with Crippen LogP contribution in [-0.4, -0.2) is 35.1 Å². The van der Waals surface area contributed by atoms with Gasteiger partial charge in [-0.1, -0.05) is 19.3 Å². The lowest BCUT2D eigenvalue weighted by molar-refractivity contribution is 0.0899. The highest BCUT2D eigenvalue weighted by Gasteiger charge is 2.31. The average molecular weight is 277 g/mol. The molecule has 3 rings (SSSR count). The maximum absolute atomic E-state index is 5.64. The summed E-state index contributed by atoms with van der Waals surface area (Å²) < 4.78 is 5.64. The van der Waals surface area contributed by atoms with Gasteiger partial charge >= 0.3 is 0 Å². The highest BCUT2D eigenvalue weighted by molar-refractivity contribution is 4.94. The molecule has 4 heteroatoms. The minimum absolute atomic E-state index is 0.557. The molecule has 20 heavy (non-hydrogen) atoms. The van der Waals surface area contributed by atoms with Gasteiger partial charge in [-0.2, -0.15) is 0 Å². The first-order valence-corrected chi connectivity index (χ1v) is 8.11. The van der Waals surface area contributed by atoms with E-state index in [1.54, 1.807) is 0 Å². The van der Waals surface area contributed by atoms with Gasteiger partial charge in [-0.05, 0) is 32.6 Å². The number of hydrogen-bond donors (Lipinski definition) is 1. The number of hydrogen-bond acceptors (Lipinski definition) is 4. The first-order chi connectivity index (χ1) is 9.72. The topological polar surface area (TPSA) is 41.3 Å². The lowest BCUT2D eigenvalue weighted by Crippen LogP contribution is -2.57. The van der Waals surface area contributed by atoms with E-state index >= 15 is 0 Å². The van der Waals surface area contributed by atoms with Crippen molar-refractivity contribution < 1.29 is 4.42 Å². The van der Waals surface area contributed by atoms with Crippen molar-refractivity contribution in [2.45, 2.75) is 64.6 Å². The van der Waals surface area contributed by atoms with Gasteiger partial charge in [0.15, 0.2) is 0 Å². The van der Waals surface area contributed by atoms with Crippen LogP contribution in [0.15, 0.2) is 10.6 Å². The summed E-state index contributed by atoms with van der Waals surface area (Å²) in [4.78, 5) is 6.88. The first-order valence-electron chi connectivity index (χ1n) is 8.11. The SMILES string of the molecule is Cc1cnc(CN2CC(C3CCCCC3)NCC2C)o1. The number of piperazine rings is 1. The van der Waals surface area contributed by atoms with Gasteiger partial charge in [0.2, 0.25) is 5.89 Å². The van der Waals surface area contributed by atoms with Crippen LogP contribution in [0.2, 0.25) is 0 Å². The molecule has 1 aromatic heterocycles. The molecule has 0 amide bonds. The molecule has 2 aliphatic rings. The molecule has 1 aliphatic carbocycles. The summed E-state index contributed by atoms with van der Waals surface area (Å²) in [6.45, 7) is 7.32. The van der Waals surface area contributed by atoms with Crippen molar-refractivity contribution in [3.63, 3.8) is 0 Å². The van der Waals surface area contributed by atoms with Crippen LogP contribution in [0.5, 0.6) is 0 Å². The Morgan fingerprint density at radius 1 is 1.35 bits per heavy atom. The summed E-state index contributed by atoms with van der Waals surface area (Å²) in [6, 6.07) is 1.21. The van der Waals surface area contributed by atoms with Crippen molar-refractivity contribution in [1.29, 1.82) is 0 Å². The Balaban J connectivity index is 1.60. The molecule has 1 aliphatic heterocycles. The summed E-state index contributed by atoms with van der Waals surface area (Å²) >= 11 is 0. The molecule has 1 aromatic rings. The minimum Gasteiger partial charge on any atom is -0.445 e. The van der Waals surface area contributed by atoms with E-state index in [0.29, 0.717) is 12.1 Å². The van der Waals surface area contributed by atoms with Crippen LogP contribution in [0.1, 0.15) is 50.7 Å². The molecule has 1 saturated carbocycles. The molecule has 2 heterocycles. The van der Waals surface area contributed by atoms with Gasteiger partial charge in [0.1, 0.15) is 5.76 Å². The average Bonchev–Trinajstić information content (AvgIpc) is 2.88. The second-order valence-corrected chi connectivity index (χ2v) is 6.56. The maximum Gasteiger partial charge on any atom is 0.208 e. The Labute approximate surface area is 121 Å². The molecule has 2 unspecified atom stereocenters. The lowest BCUT2D eigenvalue weighted by Gasteiger charge is -2.42. The Hall–Kier alpha value is -0.870. The summed E-state index contributed by atoms with van der Waals surface area (Å²) in [5, 5.41) is 3.77. The third kappa shape index (κ3) is 3.23. The van der Waals surface area contributed by atoms with Gasteiger partial charge in [0, 0.05) is 25.2 Å². The summed E-state index contributed by atoms with van der Waals surface area (Å²) in [5.41, 5.74) is 0. The smallest absolute Gasteiger partial charge is 0.208 e. The van der Waals surface area contributed by atoms with E-state index in [2.05, 4.69) is 22.1 Å². The monoisotopic (exact) mass is 277 g/mol. The Morgan fingerprint density at radius 2 is 2.15 bits per heavy atom. The third-order valence-corrected chi connectivity index (χ3v) is 4.96. The standard InChI is InChI=1S/C16H27N3O/c1-12-8-17-15(14-6-4-3-5-7-14)10-19(12)11-16-18-9-13(2)20-16/h9,12,14-15,17H,3-8,10-11H2,1-2H3. The van der Waals surface area contributed by atoms with Crippen molar-refractivity contribution in [3.8, 4) is 0 Å². The van der Waals surface area contributed by atoms with Gasteiger partial charge in [-0.3, -0.25) is 4.90 Å². The minimum atomic E-state index is 0.557. The molecular formula is C16H27N3O. The maximum atomic E-state index is 5.64. The molecule has 112 valence electrons. The molecule has 2 atom stereocenters. The van der Waals surface area contributed by atoms with Crippen molar-refractivity contribution in [3.05, 3.63) is 17.8 Å². The fourth-order valence-corrected chi connectivity index (χ4v) is 3.67. The molecule has 1 N–H and O–H groups in total. The number of aromatic nitrogens is 1. The van der Waals surface area contributed by atoms with Crippen LogP contribution < -0.4 is 5.32 Å². The molecular weight excluding hydrogens is 250 g/mol. The zero-order chi connectivity index (χ0) is 13.9. The summed E-state index contributed by atoms with van der Waals surface area (Å²) in [7, 11) is 0. The molecule has 2 fully saturated rings. The predicted octanol–water partition coefficient (Wildman–Crippen LogP) is 2.73. The highest BCUT2D eigenvalue weighted by atomic mass is 16.4. The Kier molecular flexibility index (Phi) is 4.41. The predicted molar refractivity (Wildman–Crippen MR) is 79.5 cm³/mol. The number of nitrogens with one attached hydrogen (secondary N) is 1. The van der Waals surface area contributed by atoms with E-state index in [1.807, 2.05) is 13.1 Å². The van der Waals surface area contributed by atoms with Crippen molar-refractivity contribution in [2.75, 3.05) is 13.1 Å². The highest BCUT2D eigenvalue weighted by Crippen LogP contribution is 2.28. The van der Waals surface area contributed by atoms with Crippen LogP contribution in [0.25, 0.3) is 0 Å². The fourth-order valence-electron chi connectivity index (χ4n) is 3.67. The van der Waals surface area contributed by atoms with Gasteiger partial charge in [-0.15, -0.1) is 0 Å². The molecule has 0 bridgehead atoms. The van der Waals surface area contributed by atoms with E-state index in [-0.39, 0.29) is 0 Å². The lowest BCUT2D eigenvalue weighted by atomic mass is 9.82. The zero-order valence-corrected chi connectivity index (χ0v) is 12.8. The van der Waals surface area contributed by atoms with Gasteiger partial charge in [0.25, 0.3) is 0 Å². The van der Waals surface area contributed by atoms with E-state index in [4.69, 9.17) is 4.42 Å². The fraction of sp³-hybridized carbons (Fsp3) is 0.812. The second kappa shape index (κ2) is 6.27. The quantitative estimate of drug-likeness (QED) is 0.922. The van der Waals surface area contributed by atoms with Crippen LogP contribution >= 0.6 is 0 Å². The molecule has 0 aromatic carbocycles. The summed E-state index contributed by atoms with van der Waals surface area (Å²) in [6.07, 6.45) is 8.88. The van der Waals surface area contributed by atoms with Crippen molar-refractivity contribution in [1.82, 2.24) is 15.2 Å². The van der Waals surface area contributed by atoms with Crippen LogP contribution in [0.3, 0.4) is 0 Å². The van der Waals surface area contributed by atoms with Crippen LogP contribution in [0, 0.1) is 12.8 Å². The first kappa shape index (κ1) is 14.1. The largest absolute Gasteiger partial charge is 0.445 e. The third-order valence-electron chi connectivity index (χ3n) is 4.96. The van der Waals surface area contributed by atoms with Gasteiger partial charge in [-0.25, -0.2) is 4.98 Å². The molecule has 0 spiro atoms. The number of rotatable bonds is 3. The van der Waals surface area contributed by atoms with Gasteiger partial charge in [0.05, 0.1) is 12.7 Å². The Morgan fingerprint density at radius 3 is 2.85 bits per heavy atom. The molecule has 1 saturated heterocycles. The number of aryl methyl sites for hydroxylation is 1. The van der Waals surface area contributed by atoms with Crippen molar-refractivity contribution >= 4 is 0 Å². The van der Waals surface area contributed by atoms with Crippen molar-refractivity contribution in [2.24, 2.45) is 5.92 Å². The summed E-state index contributed by atoms with van der Waals surface area (Å²) in [5.74, 6) is 2.63. The van der Waals surface area contributed by atoms with Gasteiger partial charge < -0.3 is 9.73 Å². The zero-order valence-electron chi connectivity index (χ0n) is 12.8. The number of oxazole rings is 1.